The number of hydrogen-bond acceptors (Lipinski definition) is 9. The van der Waals surface area contributed by atoms with Gasteiger partial charge in [0.1, 0.15) is 5.75 Å². The van der Waals surface area contributed by atoms with Crippen LogP contribution in [0.3, 0.4) is 0 Å². The van der Waals surface area contributed by atoms with E-state index in [1.54, 1.807) is 12.1 Å². The average molecular weight is 525 g/mol. The number of esters is 1. The van der Waals surface area contributed by atoms with Crippen LogP contribution in [0.15, 0.2) is 103 Å². The number of carbonyl (C=O) groups excluding carboxylic acids is 2. The molecule has 0 radical (unpaired) electrons. The zero-order chi connectivity index (χ0) is 27.8. The molecule has 9 nitrogen and oxygen atoms in total. The first-order valence-corrected chi connectivity index (χ1v) is 12.3. The van der Waals surface area contributed by atoms with E-state index in [0.29, 0.717) is 29.8 Å². The van der Waals surface area contributed by atoms with Crippen molar-refractivity contribution in [3.8, 4) is 28.7 Å². The molecule has 3 aromatic carbocycles. The van der Waals surface area contributed by atoms with Crippen LogP contribution in [0.1, 0.15) is 13.8 Å². The molecule has 1 aromatic heterocycles. The Labute approximate surface area is 226 Å². The molecule has 198 valence electrons. The van der Waals surface area contributed by atoms with Crippen LogP contribution in [-0.4, -0.2) is 35.2 Å². The maximum atomic E-state index is 11.5. The molecule has 4 rings (SSSR count). The standard InChI is InChI=1S/C30H28N4O5/c1-5-27(35)37-26-19-17-24(18-20-26)33(7-3)23-13-9-21(10-14-23)29-31-32-30(38-29)22-11-15-25(16-12-22)34(8-4)39-28(36)6-2/h5-6,9-20H,1-2,7-8H2,3-4H3. The topological polar surface area (TPSA) is 98.0 Å². The first kappa shape index (κ1) is 26.9. The predicted octanol–water partition coefficient (Wildman–Crippen LogP) is 6.12. The molecule has 0 atom stereocenters. The van der Waals surface area contributed by atoms with Gasteiger partial charge in [-0.25, -0.2) is 14.7 Å². The van der Waals surface area contributed by atoms with Crippen LogP contribution < -0.4 is 14.7 Å². The number of benzene rings is 3. The van der Waals surface area contributed by atoms with Gasteiger partial charge in [0.25, 0.3) is 0 Å². The van der Waals surface area contributed by atoms with Gasteiger partial charge in [-0.2, -0.15) is 0 Å². The SMILES string of the molecule is C=CC(=O)Oc1ccc(N(CC)c2ccc(-c3nnc(-c4ccc(N(CC)OC(=O)C=C)cc4)o3)cc2)cc1. The highest BCUT2D eigenvalue weighted by molar-refractivity contribution is 5.83. The van der Waals surface area contributed by atoms with E-state index in [4.69, 9.17) is 14.0 Å². The molecular formula is C30H28N4O5. The highest BCUT2D eigenvalue weighted by Crippen LogP contribution is 2.30. The van der Waals surface area contributed by atoms with Crippen LogP contribution in [0.4, 0.5) is 17.1 Å². The zero-order valence-electron chi connectivity index (χ0n) is 21.7. The summed E-state index contributed by atoms with van der Waals surface area (Å²) in [6, 6.07) is 22.3. The summed E-state index contributed by atoms with van der Waals surface area (Å²) in [6.07, 6.45) is 2.24. The normalized spacial score (nSPS) is 10.4. The van der Waals surface area contributed by atoms with Crippen LogP contribution in [0.5, 0.6) is 5.75 Å². The van der Waals surface area contributed by atoms with Crippen molar-refractivity contribution in [1.29, 1.82) is 0 Å². The second kappa shape index (κ2) is 12.4. The number of ether oxygens (including phenoxy) is 1. The van der Waals surface area contributed by atoms with Crippen LogP contribution >= 0.6 is 0 Å². The molecule has 39 heavy (non-hydrogen) atoms. The first-order valence-electron chi connectivity index (χ1n) is 12.3. The minimum atomic E-state index is -0.528. The van der Waals surface area contributed by atoms with Crippen LogP contribution in [0.25, 0.3) is 22.9 Å². The van der Waals surface area contributed by atoms with Crippen molar-refractivity contribution in [2.45, 2.75) is 13.8 Å². The van der Waals surface area contributed by atoms with E-state index in [1.165, 1.54) is 5.06 Å². The highest BCUT2D eigenvalue weighted by Gasteiger charge is 2.14. The molecule has 0 aliphatic rings. The Balaban J connectivity index is 1.47. The van der Waals surface area contributed by atoms with E-state index >= 15 is 0 Å². The van der Waals surface area contributed by atoms with Gasteiger partial charge < -0.3 is 18.9 Å². The summed E-state index contributed by atoms with van der Waals surface area (Å²) in [5.74, 6) is 0.198. The largest absolute Gasteiger partial charge is 0.423 e. The molecular weight excluding hydrogens is 496 g/mol. The Morgan fingerprint density at radius 2 is 1.23 bits per heavy atom. The number of carbonyl (C=O) groups is 2. The third-order valence-corrected chi connectivity index (χ3v) is 5.76. The molecule has 0 fully saturated rings. The number of hydroxylamine groups is 1. The molecule has 9 heteroatoms. The number of nitrogens with zero attached hydrogens (tertiary/aromatic N) is 4. The van der Waals surface area contributed by atoms with Gasteiger partial charge in [0.15, 0.2) is 0 Å². The van der Waals surface area contributed by atoms with E-state index in [0.717, 1.165) is 41.2 Å². The van der Waals surface area contributed by atoms with Gasteiger partial charge in [-0.1, -0.05) is 13.2 Å². The minimum Gasteiger partial charge on any atom is -0.423 e. The summed E-state index contributed by atoms with van der Waals surface area (Å²) in [5, 5.41) is 9.88. The molecule has 1 heterocycles. The molecule has 0 bridgehead atoms. The van der Waals surface area contributed by atoms with Gasteiger partial charge in [0, 0.05) is 41.2 Å². The summed E-state index contributed by atoms with van der Waals surface area (Å²) < 4.78 is 11.1. The van der Waals surface area contributed by atoms with Crippen molar-refractivity contribution < 1.29 is 23.6 Å². The maximum absolute atomic E-state index is 11.5. The lowest BCUT2D eigenvalue weighted by atomic mass is 10.1. The zero-order valence-corrected chi connectivity index (χ0v) is 21.7. The van der Waals surface area contributed by atoms with Crippen molar-refractivity contribution in [2.24, 2.45) is 0 Å². The van der Waals surface area contributed by atoms with E-state index < -0.39 is 11.9 Å². The smallest absolute Gasteiger partial charge is 0.355 e. The summed E-state index contributed by atoms with van der Waals surface area (Å²) in [5.41, 5.74) is 4.16. The molecule has 0 saturated carbocycles. The van der Waals surface area contributed by atoms with Crippen molar-refractivity contribution in [3.63, 3.8) is 0 Å². The minimum absolute atomic E-state index is 0.374. The van der Waals surface area contributed by atoms with Crippen LogP contribution in [0, 0.1) is 0 Å². The second-order valence-corrected chi connectivity index (χ2v) is 8.18. The number of aromatic nitrogens is 2. The average Bonchev–Trinajstić information content (AvgIpc) is 3.48. The molecule has 0 aliphatic carbocycles. The Hall–Kier alpha value is -5.18. The summed E-state index contributed by atoms with van der Waals surface area (Å²) >= 11 is 0. The Morgan fingerprint density at radius 1 is 0.744 bits per heavy atom. The van der Waals surface area contributed by atoms with Crippen molar-refractivity contribution in [2.75, 3.05) is 23.1 Å². The van der Waals surface area contributed by atoms with Crippen molar-refractivity contribution >= 4 is 29.0 Å². The summed E-state index contributed by atoms with van der Waals surface area (Å²) in [6.45, 7) is 12.0. The third-order valence-electron chi connectivity index (χ3n) is 5.76. The molecule has 0 saturated heterocycles. The molecule has 0 N–H and O–H groups in total. The van der Waals surface area contributed by atoms with E-state index in [1.807, 2.05) is 67.6 Å². The molecule has 4 aromatic rings. The number of hydrogen-bond donors (Lipinski definition) is 0. The molecule has 0 aliphatic heterocycles. The monoisotopic (exact) mass is 524 g/mol. The Morgan fingerprint density at radius 3 is 1.69 bits per heavy atom. The Bertz CT molecular complexity index is 1440. The lowest BCUT2D eigenvalue weighted by Crippen LogP contribution is -2.25. The van der Waals surface area contributed by atoms with Crippen LogP contribution in [-0.2, 0) is 14.4 Å². The molecule has 0 unspecified atom stereocenters. The summed E-state index contributed by atoms with van der Waals surface area (Å²) in [4.78, 5) is 30.3. The van der Waals surface area contributed by atoms with Crippen molar-refractivity contribution in [1.82, 2.24) is 10.2 Å². The van der Waals surface area contributed by atoms with Gasteiger partial charge in [-0.05, 0) is 86.6 Å². The van der Waals surface area contributed by atoms with E-state index in [9.17, 15) is 9.59 Å². The fourth-order valence-electron chi connectivity index (χ4n) is 3.82. The predicted molar refractivity (Wildman–Crippen MR) is 149 cm³/mol. The van der Waals surface area contributed by atoms with Gasteiger partial charge in [-0.15, -0.1) is 10.2 Å². The third kappa shape index (κ3) is 6.40. The lowest BCUT2D eigenvalue weighted by Gasteiger charge is -2.23. The van der Waals surface area contributed by atoms with Gasteiger partial charge >= 0.3 is 11.9 Å². The summed E-state index contributed by atoms with van der Waals surface area (Å²) in [7, 11) is 0. The fraction of sp³-hybridized carbons (Fsp3) is 0.133. The second-order valence-electron chi connectivity index (χ2n) is 8.18. The number of rotatable bonds is 11. The van der Waals surface area contributed by atoms with Gasteiger partial charge in [0.05, 0.1) is 12.2 Å². The quantitative estimate of drug-likeness (QED) is 0.0994. The first-order chi connectivity index (χ1) is 18.9. The maximum Gasteiger partial charge on any atom is 0.355 e. The number of anilines is 3. The Kier molecular flexibility index (Phi) is 8.53. The van der Waals surface area contributed by atoms with Crippen molar-refractivity contribution in [3.05, 3.63) is 98.1 Å². The molecule has 0 spiro atoms. The molecule has 0 amide bonds. The van der Waals surface area contributed by atoms with Crippen LogP contribution in [0.2, 0.25) is 0 Å². The lowest BCUT2D eigenvalue weighted by molar-refractivity contribution is -0.139. The van der Waals surface area contributed by atoms with E-state index in [-0.39, 0.29) is 0 Å². The van der Waals surface area contributed by atoms with Gasteiger partial charge in [0.2, 0.25) is 11.8 Å². The fourth-order valence-corrected chi connectivity index (χ4v) is 3.82. The highest BCUT2D eigenvalue weighted by atomic mass is 16.7. The van der Waals surface area contributed by atoms with Gasteiger partial charge in [-0.3, -0.25) is 0 Å². The van der Waals surface area contributed by atoms with E-state index in [2.05, 4.69) is 35.2 Å².